The molecule has 2 N–H and O–H groups in total. The minimum absolute atomic E-state index is 0.0133. The van der Waals surface area contributed by atoms with E-state index in [4.69, 9.17) is 9.47 Å². The summed E-state index contributed by atoms with van der Waals surface area (Å²) in [5.74, 6) is 0.864. The predicted molar refractivity (Wildman–Crippen MR) is 121 cm³/mol. The van der Waals surface area contributed by atoms with Gasteiger partial charge in [-0.15, -0.1) is 0 Å². The number of ether oxygens (including phenoxy) is 2. The summed E-state index contributed by atoms with van der Waals surface area (Å²) in [6.45, 7) is 5.00. The first-order chi connectivity index (χ1) is 15.5. The number of aromatic hydroxyl groups is 1. The van der Waals surface area contributed by atoms with Gasteiger partial charge in [0.25, 0.3) is 0 Å². The van der Waals surface area contributed by atoms with Gasteiger partial charge >= 0.3 is 0 Å². The van der Waals surface area contributed by atoms with Crippen LogP contribution < -0.4 is 14.8 Å². The van der Waals surface area contributed by atoms with Crippen molar-refractivity contribution in [3.05, 3.63) is 64.9 Å². The minimum atomic E-state index is -0.336. The number of carbonyl (C=O) groups excluding carboxylic acids is 2. The molecule has 1 heterocycles. The van der Waals surface area contributed by atoms with E-state index in [9.17, 15) is 14.7 Å². The highest BCUT2D eigenvalue weighted by atomic mass is 16.5. The lowest BCUT2D eigenvalue weighted by Gasteiger charge is -2.34. The highest BCUT2D eigenvalue weighted by molar-refractivity contribution is 6.02. The Balaban J connectivity index is 1.61. The Morgan fingerprint density at radius 2 is 1.72 bits per heavy atom. The standard InChI is InChI=1S/C26H29NO5/c1-3-11-32-19-8-5-16(6-9-19)18-12-21-26(23(29)13-18)20(15-25(30)27-21)17-7-10-22(28)24(14-17)31-4-2/h5-10,14,18,20,28H,3-4,11-13,15H2,1-2H3,(H,27,30). The quantitative estimate of drug-likeness (QED) is 0.665. The van der Waals surface area contributed by atoms with Crippen molar-refractivity contribution in [2.45, 2.75) is 51.4 Å². The van der Waals surface area contributed by atoms with E-state index in [1.807, 2.05) is 31.2 Å². The lowest BCUT2D eigenvalue weighted by atomic mass is 9.73. The van der Waals surface area contributed by atoms with Gasteiger partial charge in [-0.1, -0.05) is 25.1 Å². The summed E-state index contributed by atoms with van der Waals surface area (Å²) in [7, 11) is 0. The van der Waals surface area contributed by atoms with Crippen LogP contribution >= 0.6 is 0 Å². The average molecular weight is 436 g/mol. The second-order valence-electron chi connectivity index (χ2n) is 8.30. The van der Waals surface area contributed by atoms with Crippen molar-refractivity contribution in [2.75, 3.05) is 13.2 Å². The van der Waals surface area contributed by atoms with Gasteiger partial charge in [0.2, 0.25) is 5.91 Å². The molecule has 0 fully saturated rings. The molecule has 2 unspecified atom stereocenters. The number of hydrogen-bond donors (Lipinski definition) is 2. The predicted octanol–water partition coefficient (Wildman–Crippen LogP) is 4.58. The number of nitrogens with one attached hydrogen (secondary N) is 1. The fraction of sp³-hybridized carbons (Fsp3) is 0.385. The summed E-state index contributed by atoms with van der Waals surface area (Å²) >= 11 is 0. The zero-order valence-corrected chi connectivity index (χ0v) is 18.5. The molecule has 0 spiro atoms. The van der Waals surface area contributed by atoms with Crippen LogP contribution in [0.4, 0.5) is 0 Å². The Morgan fingerprint density at radius 1 is 0.969 bits per heavy atom. The molecule has 0 saturated heterocycles. The molecule has 0 bridgehead atoms. The Morgan fingerprint density at radius 3 is 2.44 bits per heavy atom. The molecular weight excluding hydrogens is 406 g/mol. The molecule has 2 aromatic rings. The van der Waals surface area contributed by atoms with Gasteiger partial charge in [-0.2, -0.15) is 0 Å². The average Bonchev–Trinajstić information content (AvgIpc) is 2.78. The molecule has 0 radical (unpaired) electrons. The van der Waals surface area contributed by atoms with E-state index in [2.05, 4.69) is 12.2 Å². The lowest BCUT2D eigenvalue weighted by molar-refractivity contribution is -0.122. The molecule has 2 aliphatic rings. The molecule has 6 heteroatoms. The molecule has 32 heavy (non-hydrogen) atoms. The zero-order chi connectivity index (χ0) is 22.7. The van der Waals surface area contributed by atoms with Gasteiger partial charge in [0.15, 0.2) is 17.3 Å². The molecule has 1 aliphatic carbocycles. The summed E-state index contributed by atoms with van der Waals surface area (Å²) in [6.07, 6.45) is 2.16. The third-order valence-corrected chi connectivity index (χ3v) is 6.05. The first-order valence-corrected chi connectivity index (χ1v) is 11.2. The molecule has 6 nitrogen and oxygen atoms in total. The highest BCUT2D eigenvalue weighted by Gasteiger charge is 2.38. The highest BCUT2D eigenvalue weighted by Crippen LogP contribution is 2.44. The fourth-order valence-electron chi connectivity index (χ4n) is 4.56. The molecule has 2 atom stereocenters. The van der Waals surface area contributed by atoms with Crippen molar-refractivity contribution >= 4 is 11.7 Å². The zero-order valence-electron chi connectivity index (χ0n) is 18.5. The van der Waals surface area contributed by atoms with Crippen molar-refractivity contribution in [2.24, 2.45) is 0 Å². The number of phenols is 1. The normalized spacial score (nSPS) is 20.6. The lowest BCUT2D eigenvalue weighted by Crippen LogP contribution is -2.38. The van der Waals surface area contributed by atoms with E-state index >= 15 is 0 Å². The summed E-state index contributed by atoms with van der Waals surface area (Å²) in [6, 6.07) is 12.9. The Bertz CT molecular complexity index is 1040. The molecule has 2 aromatic carbocycles. The molecule has 4 rings (SSSR count). The maximum absolute atomic E-state index is 13.3. The van der Waals surface area contributed by atoms with Crippen LogP contribution in [-0.2, 0) is 9.59 Å². The van der Waals surface area contributed by atoms with Gasteiger partial charge in [0.05, 0.1) is 13.2 Å². The topological polar surface area (TPSA) is 84.9 Å². The minimum Gasteiger partial charge on any atom is -0.504 e. The maximum Gasteiger partial charge on any atom is 0.225 e. The summed E-state index contributed by atoms with van der Waals surface area (Å²) in [5.41, 5.74) is 3.26. The first-order valence-electron chi connectivity index (χ1n) is 11.2. The van der Waals surface area contributed by atoms with Crippen LogP contribution in [0.15, 0.2) is 53.7 Å². The van der Waals surface area contributed by atoms with Crippen molar-refractivity contribution in [3.8, 4) is 17.2 Å². The van der Waals surface area contributed by atoms with E-state index in [1.165, 1.54) is 0 Å². The Hall–Kier alpha value is -3.28. The maximum atomic E-state index is 13.3. The van der Waals surface area contributed by atoms with Crippen molar-refractivity contribution in [1.82, 2.24) is 5.32 Å². The number of amides is 1. The number of Topliss-reactive ketones (excluding diaryl/α,β-unsaturated/α-hetero) is 1. The van der Waals surface area contributed by atoms with Gasteiger partial charge in [0.1, 0.15) is 5.75 Å². The van der Waals surface area contributed by atoms with Crippen molar-refractivity contribution in [1.29, 1.82) is 0 Å². The molecule has 0 saturated carbocycles. The van der Waals surface area contributed by atoms with E-state index in [1.54, 1.807) is 18.2 Å². The number of carbonyl (C=O) groups is 2. The van der Waals surface area contributed by atoms with Crippen LogP contribution in [-0.4, -0.2) is 30.0 Å². The van der Waals surface area contributed by atoms with Crippen LogP contribution in [0, 0.1) is 0 Å². The van der Waals surface area contributed by atoms with Gasteiger partial charge in [-0.3, -0.25) is 9.59 Å². The number of phenolic OH excluding ortho intramolecular Hbond substituents is 1. The number of rotatable bonds is 7. The monoisotopic (exact) mass is 435 g/mol. The Kier molecular flexibility index (Phi) is 6.49. The number of allylic oxidation sites excluding steroid dienone is 2. The third kappa shape index (κ3) is 4.49. The van der Waals surface area contributed by atoms with Gasteiger partial charge in [-0.05, 0) is 61.1 Å². The van der Waals surface area contributed by atoms with Crippen molar-refractivity contribution < 1.29 is 24.2 Å². The smallest absolute Gasteiger partial charge is 0.225 e. The number of ketones is 1. The van der Waals surface area contributed by atoms with Crippen LogP contribution in [0.2, 0.25) is 0 Å². The van der Waals surface area contributed by atoms with Gasteiger partial charge < -0.3 is 19.9 Å². The van der Waals surface area contributed by atoms with Gasteiger partial charge in [0, 0.05) is 30.0 Å². The third-order valence-electron chi connectivity index (χ3n) is 6.05. The molecular formula is C26H29NO5. The molecule has 168 valence electrons. The number of benzene rings is 2. The van der Waals surface area contributed by atoms with Crippen LogP contribution in [0.5, 0.6) is 17.2 Å². The molecule has 1 amide bonds. The molecule has 0 aromatic heterocycles. The molecule has 1 aliphatic heterocycles. The second kappa shape index (κ2) is 9.47. The SMILES string of the molecule is CCCOc1ccc(C2CC(=O)C3=C(C2)NC(=O)CC3c2ccc(O)c(OCC)c2)cc1. The van der Waals surface area contributed by atoms with Crippen molar-refractivity contribution in [3.63, 3.8) is 0 Å². The fourth-order valence-corrected chi connectivity index (χ4v) is 4.56. The Labute approximate surface area is 188 Å². The van der Waals surface area contributed by atoms with E-state index < -0.39 is 0 Å². The van der Waals surface area contributed by atoms with E-state index in [-0.39, 0.29) is 35.7 Å². The van der Waals surface area contributed by atoms with Crippen LogP contribution in [0.25, 0.3) is 0 Å². The van der Waals surface area contributed by atoms with Crippen LogP contribution in [0.1, 0.15) is 62.5 Å². The summed E-state index contributed by atoms with van der Waals surface area (Å²) in [4.78, 5) is 25.8. The first kappa shape index (κ1) is 21.9. The summed E-state index contributed by atoms with van der Waals surface area (Å²) in [5, 5.41) is 13.0. The number of hydrogen-bond acceptors (Lipinski definition) is 5. The van der Waals surface area contributed by atoms with E-state index in [0.717, 1.165) is 23.3 Å². The second-order valence-corrected chi connectivity index (χ2v) is 8.30. The largest absolute Gasteiger partial charge is 0.504 e. The van der Waals surface area contributed by atoms with Crippen LogP contribution in [0.3, 0.4) is 0 Å². The van der Waals surface area contributed by atoms with E-state index in [0.29, 0.717) is 43.1 Å². The van der Waals surface area contributed by atoms with Gasteiger partial charge in [-0.25, -0.2) is 0 Å². The summed E-state index contributed by atoms with van der Waals surface area (Å²) < 4.78 is 11.2.